The van der Waals surface area contributed by atoms with Crippen LogP contribution in [0.2, 0.25) is 0 Å². The molecule has 2 amide bonds. The predicted octanol–water partition coefficient (Wildman–Crippen LogP) is 7.47. The normalized spacial score (nSPS) is 14.1. The third-order valence-corrected chi connectivity index (χ3v) is 11.0. The zero-order chi connectivity index (χ0) is 33.4. The average molecular weight is 717 g/mol. The van der Waals surface area contributed by atoms with Crippen molar-refractivity contribution in [2.45, 2.75) is 75.4 Å². The van der Waals surface area contributed by atoms with Crippen molar-refractivity contribution >= 4 is 43.5 Å². The largest absolute Gasteiger partial charge is 0.352 e. The molecule has 0 spiro atoms. The second kappa shape index (κ2) is 15.8. The van der Waals surface area contributed by atoms with Crippen molar-refractivity contribution in [3.05, 3.63) is 130 Å². The lowest BCUT2D eigenvalue weighted by atomic mass is 10.0. The van der Waals surface area contributed by atoms with Crippen LogP contribution in [0.4, 0.5) is 5.69 Å². The van der Waals surface area contributed by atoms with Crippen LogP contribution < -0.4 is 9.62 Å². The zero-order valence-corrected chi connectivity index (χ0v) is 29.3. The highest BCUT2D eigenvalue weighted by Crippen LogP contribution is 2.27. The summed E-state index contributed by atoms with van der Waals surface area (Å²) in [5, 5.41) is 3.22. The first-order valence-electron chi connectivity index (χ1n) is 16.2. The monoisotopic (exact) mass is 715 g/mol. The van der Waals surface area contributed by atoms with E-state index >= 15 is 0 Å². The second-order valence-corrected chi connectivity index (χ2v) is 15.2. The van der Waals surface area contributed by atoms with Gasteiger partial charge >= 0.3 is 0 Å². The van der Waals surface area contributed by atoms with E-state index in [0.717, 1.165) is 51.2 Å². The number of nitrogens with one attached hydrogen (secondary N) is 1. The van der Waals surface area contributed by atoms with Crippen molar-refractivity contribution in [3.63, 3.8) is 0 Å². The minimum Gasteiger partial charge on any atom is -0.352 e. The van der Waals surface area contributed by atoms with Gasteiger partial charge in [-0.1, -0.05) is 115 Å². The molecule has 7 nitrogen and oxygen atoms in total. The smallest absolute Gasteiger partial charge is 0.264 e. The van der Waals surface area contributed by atoms with Crippen LogP contribution in [-0.4, -0.2) is 43.8 Å². The summed E-state index contributed by atoms with van der Waals surface area (Å²) in [5.41, 5.74) is 3.16. The lowest BCUT2D eigenvalue weighted by Gasteiger charge is -2.34. The number of carbonyl (C=O) groups is 2. The van der Waals surface area contributed by atoms with Crippen LogP contribution in [0, 0.1) is 0 Å². The SMILES string of the molecule is CC(C)c1ccc(N(CC(=O)N(Cc2cccc(Br)c2)C(Cc2ccccc2)C(=O)NC2CCCC2)S(=O)(=O)c2ccccc2)cc1. The topological polar surface area (TPSA) is 86.8 Å². The minimum atomic E-state index is -4.14. The molecule has 1 fully saturated rings. The van der Waals surface area contributed by atoms with E-state index in [1.54, 1.807) is 35.2 Å². The van der Waals surface area contributed by atoms with Crippen molar-refractivity contribution in [3.8, 4) is 0 Å². The zero-order valence-electron chi connectivity index (χ0n) is 26.9. The molecule has 0 radical (unpaired) electrons. The molecule has 246 valence electrons. The van der Waals surface area contributed by atoms with Gasteiger partial charge in [0.1, 0.15) is 12.6 Å². The first-order chi connectivity index (χ1) is 22.6. The highest BCUT2D eigenvalue weighted by Gasteiger charge is 2.35. The number of carbonyl (C=O) groups excluding carboxylic acids is 2. The van der Waals surface area contributed by atoms with Gasteiger partial charge in [0.15, 0.2) is 0 Å². The van der Waals surface area contributed by atoms with Crippen LogP contribution in [0.3, 0.4) is 0 Å². The molecule has 9 heteroatoms. The summed E-state index contributed by atoms with van der Waals surface area (Å²) in [6.07, 6.45) is 4.19. The van der Waals surface area contributed by atoms with Crippen molar-refractivity contribution in [2.75, 3.05) is 10.8 Å². The third-order valence-electron chi connectivity index (χ3n) is 8.67. The van der Waals surface area contributed by atoms with Gasteiger partial charge in [0.25, 0.3) is 10.0 Å². The van der Waals surface area contributed by atoms with E-state index in [0.29, 0.717) is 5.69 Å². The van der Waals surface area contributed by atoms with Crippen molar-refractivity contribution in [1.82, 2.24) is 10.2 Å². The summed E-state index contributed by atoms with van der Waals surface area (Å²) in [5.74, 6) is -0.453. The lowest BCUT2D eigenvalue weighted by molar-refractivity contribution is -0.140. The Morgan fingerprint density at radius 1 is 0.830 bits per heavy atom. The Morgan fingerprint density at radius 2 is 1.45 bits per heavy atom. The van der Waals surface area contributed by atoms with Crippen LogP contribution in [0.5, 0.6) is 0 Å². The molecule has 1 aliphatic carbocycles. The van der Waals surface area contributed by atoms with Crippen molar-refractivity contribution in [2.24, 2.45) is 0 Å². The van der Waals surface area contributed by atoms with Crippen molar-refractivity contribution in [1.29, 1.82) is 0 Å². The number of nitrogens with zero attached hydrogens (tertiary/aromatic N) is 2. The van der Waals surface area contributed by atoms with Crippen LogP contribution in [0.1, 0.15) is 62.1 Å². The molecule has 0 saturated heterocycles. The first-order valence-corrected chi connectivity index (χ1v) is 18.4. The Morgan fingerprint density at radius 3 is 2.06 bits per heavy atom. The highest BCUT2D eigenvalue weighted by atomic mass is 79.9. The predicted molar refractivity (Wildman–Crippen MR) is 191 cm³/mol. The summed E-state index contributed by atoms with van der Waals surface area (Å²) < 4.78 is 30.4. The quantitative estimate of drug-likeness (QED) is 0.156. The van der Waals surface area contributed by atoms with Gasteiger partial charge in [0, 0.05) is 23.5 Å². The van der Waals surface area contributed by atoms with Gasteiger partial charge in [-0.25, -0.2) is 8.42 Å². The Bertz CT molecular complexity index is 1740. The molecule has 5 rings (SSSR count). The molecule has 4 aromatic rings. The molecule has 1 aliphatic rings. The Balaban J connectivity index is 1.56. The van der Waals surface area contributed by atoms with E-state index in [2.05, 4.69) is 35.1 Å². The summed E-state index contributed by atoms with van der Waals surface area (Å²) in [4.78, 5) is 30.4. The summed E-state index contributed by atoms with van der Waals surface area (Å²) in [6, 6.07) is 31.8. The van der Waals surface area contributed by atoms with Gasteiger partial charge in [-0.05, 0) is 71.8 Å². The number of amides is 2. The van der Waals surface area contributed by atoms with Crippen LogP contribution in [0.15, 0.2) is 119 Å². The molecule has 1 atom stereocenters. The summed E-state index contributed by atoms with van der Waals surface area (Å²) in [7, 11) is -4.14. The Hall–Kier alpha value is -3.95. The average Bonchev–Trinajstić information content (AvgIpc) is 3.59. The maximum Gasteiger partial charge on any atom is 0.264 e. The Labute approximate surface area is 287 Å². The van der Waals surface area contributed by atoms with E-state index < -0.39 is 28.5 Å². The minimum absolute atomic E-state index is 0.0537. The third kappa shape index (κ3) is 8.90. The second-order valence-electron chi connectivity index (χ2n) is 12.4. The Kier molecular flexibility index (Phi) is 11.5. The van der Waals surface area contributed by atoms with Crippen LogP contribution in [0.25, 0.3) is 0 Å². The molecule has 0 heterocycles. The molecule has 0 aromatic heterocycles. The summed E-state index contributed by atoms with van der Waals surface area (Å²) >= 11 is 3.54. The molecule has 1 N–H and O–H groups in total. The van der Waals surface area contributed by atoms with Gasteiger partial charge in [-0.3, -0.25) is 13.9 Å². The van der Waals surface area contributed by atoms with E-state index in [1.807, 2.05) is 66.7 Å². The van der Waals surface area contributed by atoms with E-state index in [1.165, 1.54) is 12.1 Å². The lowest BCUT2D eigenvalue weighted by Crippen LogP contribution is -2.54. The molecular weight excluding hydrogens is 674 g/mol. The van der Waals surface area contributed by atoms with Gasteiger partial charge < -0.3 is 10.2 Å². The fraction of sp³-hybridized carbons (Fsp3) is 0.316. The maximum atomic E-state index is 14.7. The molecule has 4 aromatic carbocycles. The summed E-state index contributed by atoms with van der Waals surface area (Å²) in [6.45, 7) is 3.79. The van der Waals surface area contributed by atoms with E-state index in [9.17, 15) is 18.0 Å². The number of benzene rings is 4. The van der Waals surface area contributed by atoms with Crippen LogP contribution in [-0.2, 0) is 32.6 Å². The number of anilines is 1. The maximum absolute atomic E-state index is 14.7. The van der Waals surface area contributed by atoms with Gasteiger partial charge in [0.05, 0.1) is 10.6 Å². The number of rotatable bonds is 13. The van der Waals surface area contributed by atoms with E-state index in [4.69, 9.17) is 0 Å². The molecular formula is C38H42BrN3O4S. The van der Waals surface area contributed by atoms with Crippen molar-refractivity contribution < 1.29 is 18.0 Å². The molecule has 1 unspecified atom stereocenters. The number of hydrogen-bond acceptors (Lipinski definition) is 4. The fourth-order valence-electron chi connectivity index (χ4n) is 6.03. The number of hydrogen-bond donors (Lipinski definition) is 1. The fourth-order valence-corrected chi connectivity index (χ4v) is 7.91. The number of sulfonamides is 1. The van der Waals surface area contributed by atoms with Gasteiger partial charge in [0.2, 0.25) is 11.8 Å². The molecule has 0 bridgehead atoms. The molecule has 0 aliphatic heterocycles. The molecule has 47 heavy (non-hydrogen) atoms. The van der Waals surface area contributed by atoms with E-state index in [-0.39, 0.29) is 35.7 Å². The molecule has 1 saturated carbocycles. The standard InChI is InChI=1S/C38H42BrN3O4S/c1-28(2)31-20-22-34(23-21-31)42(47(45,46)35-18-7-4-8-19-35)27-37(43)41(26-30-14-11-15-32(39)24-30)36(25-29-12-5-3-6-13-29)38(44)40-33-16-9-10-17-33/h3-8,11-15,18-24,28,33,36H,9-10,16-17,25-27H2,1-2H3,(H,40,44). The highest BCUT2D eigenvalue weighted by molar-refractivity contribution is 9.10. The first kappa shape index (κ1) is 34.4. The number of halogens is 1. The van der Waals surface area contributed by atoms with Crippen LogP contribution >= 0.6 is 15.9 Å². The van der Waals surface area contributed by atoms with Gasteiger partial charge in [-0.2, -0.15) is 0 Å². The van der Waals surface area contributed by atoms with Gasteiger partial charge in [-0.15, -0.1) is 0 Å².